The fourth-order valence-electron chi connectivity index (χ4n) is 0.308. The van der Waals surface area contributed by atoms with E-state index in [0.717, 1.165) is 5.75 Å². The number of halogens is 1. The van der Waals surface area contributed by atoms with Crippen LogP contribution in [0.4, 0.5) is 0 Å². The van der Waals surface area contributed by atoms with Crippen molar-refractivity contribution in [3.05, 3.63) is 12.3 Å². The van der Waals surface area contributed by atoms with Gasteiger partial charge in [-0.05, 0) is 0 Å². The third kappa shape index (κ3) is 1.53. The maximum atomic E-state index is 5.48. The highest BCUT2D eigenvalue weighted by Crippen LogP contribution is 2.11. The fourth-order valence-corrected chi connectivity index (χ4v) is 1.01. The minimum Gasteiger partial charge on any atom is -0.238 e. The Bertz CT molecular complexity index is 119. The lowest BCUT2D eigenvalue weighted by Gasteiger charge is -1.94. The summed E-state index contributed by atoms with van der Waals surface area (Å²) in [6.07, 6.45) is 3.69. The minimum atomic E-state index is 0.641. The zero-order valence-corrected chi connectivity index (χ0v) is 5.17. The maximum absolute atomic E-state index is 5.48. The molecular formula is C4H4ClNS. The molecule has 0 unspecified atom stereocenters. The van der Waals surface area contributed by atoms with Crippen molar-refractivity contribution in [1.82, 2.24) is 0 Å². The first kappa shape index (κ1) is 5.19. The number of hydrogen-bond acceptors (Lipinski definition) is 2. The molecule has 3 heteroatoms. The van der Waals surface area contributed by atoms with E-state index in [-0.39, 0.29) is 0 Å². The van der Waals surface area contributed by atoms with Gasteiger partial charge in [0.25, 0.3) is 0 Å². The van der Waals surface area contributed by atoms with Gasteiger partial charge in [-0.3, -0.25) is 0 Å². The van der Waals surface area contributed by atoms with E-state index < -0.39 is 0 Å². The third-order valence-corrected chi connectivity index (χ3v) is 1.71. The Kier molecular flexibility index (Phi) is 1.77. The second-order valence-electron chi connectivity index (χ2n) is 1.08. The van der Waals surface area contributed by atoms with Gasteiger partial charge in [0.1, 0.15) is 0 Å². The lowest BCUT2D eigenvalue weighted by atomic mass is 10.7. The zero-order chi connectivity index (χ0) is 5.11. The van der Waals surface area contributed by atoms with Crippen molar-refractivity contribution in [1.29, 1.82) is 0 Å². The molecule has 0 amide bonds. The number of aliphatic imine (C=N–C) groups is 1. The fraction of sp³-hybridized carbons (Fsp3) is 0.250. The van der Waals surface area contributed by atoms with Gasteiger partial charge >= 0.3 is 0 Å². The molecule has 7 heavy (non-hydrogen) atoms. The molecule has 0 spiro atoms. The Morgan fingerprint density at radius 3 is 3.00 bits per heavy atom. The molecule has 0 bridgehead atoms. The highest BCUT2D eigenvalue weighted by Gasteiger charge is 1.93. The molecular weight excluding hydrogens is 130 g/mol. The van der Waals surface area contributed by atoms with E-state index in [4.69, 9.17) is 11.6 Å². The lowest BCUT2D eigenvalue weighted by molar-refractivity contribution is 1.55. The summed E-state index contributed by atoms with van der Waals surface area (Å²) in [5, 5.41) is 0. The summed E-state index contributed by atoms with van der Waals surface area (Å²) >= 11 is 7.03. The molecule has 1 nitrogen and oxygen atoms in total. The van der Waals surface area contributed by atoms with Crippen molar-refractivity contribution in [3.63, 3.8) is 0 Å². The highest BCUT2D eigenvalue weighted by molar-refractivity contribution is 8.16. The molecule has 0 aromatic rings. The van der Waals surface area contributed by atoms with E-state index >= 15 is 0 Å². The van der Waals surface area contributed by atoms with Crippen molar-refractivity contribution >= 4 is 27.9 Å². The normalized spacial score (nSPS) is 19.3. The standard InChI is InChI=1S/C4H4ClNS/c5-4-6-2-1-3-7-4/h1-2H,3H2. The van der Waals surface area contributed by atoms with Crippen LogP contribution in [0.3, 0.4) is 0 Å². The van der Waals surface area contributed by atoms with Gasteiger partial charge in [0, 0.05) is 12.0 Å². The molecule has 0 aromatic heterocycles. The summed E-state index contributed by atoms with van der Waals surface area (Å²) in [5.41, 5.74) is 0. The molecule has 1 rings (SSSR count). The summed E-state index contributed by atoms with van der Waals surface area (Å²) in [6, 6.07) is 0. The molecule has 1 aliphatic heterocycles. The Balaban J connectivity index is 2.57. The Morgan fingerprint density at radius 2 is 2.71 bits per heavy atom. The predicted molar refractivity (Wildman–Crippen MR) is 34.9 cm³/mol. The van der Waals surface area contributed by atoms with Gasteiger partial charge in [-0.2, -0.15) is 0 Å². The van der Waals surface area contributed by atoms with Gasteiger partial charge in [-0.25, -0.2) is 4.99 Å². The second-order valence-corrected chi connectivity index (χ2v) is 2.67. The highest BCUT2D eigenvalue weighted by atomic mass is 35.5. The zero-order valence-electron chi connectivity index (χ0n) is 3.60. The monoisotopic (exact) mass is 133 g/mol. The first-order valence-electron chi connectivity index (χ1n) is 1.91. The smallest absolute Gasteiger partial charge is 0.162 e. The van der Waals surface area contributed by atoms with Crippen LogP contribution in [0.5, 0.6) is 0 Å². The van der Waals surface area contributed by atoms with Gasteiger partial charge in [0.15, 0.2) is 4.50 Å². The van der Waals surface area contributed by atoms with Crippen LogP contribution in [0.25, 0.3) is 0 Å². The molecule has 38 valence electrons. The van der Waals surface area contributed by atoms with E-state index in [1.54, 1.807) is 18.0 Å². The van der Waals surface area contributed by atoms with Crippen LogP contribution in [0.15, 0.2) is 17.3 Å². The van der Waals surface area contributed by atoms with Crippen LogP contribution < -0.4 is 0 Å². The first-order valence-corrected chi connectivity index (χ1v) is 3.27. The van der Waals surface area contributed by atoms with Crippen LogP contribution in [0.2, 0.25) is 0 Å². The molecule has 0 saturated heterocycles. The van der Waals surface area contributed by atoms with Crippen LogP contribution in [-0.4, -0.2) is 10.3 Å². The number of hydrogen-bond donors (Lipinski definition) is 0. The molecule has 0 saturated carbocycles. The maximum Gasteiger partial charge on any atom is 0.162 e. The van der Waals surface area contributed by atoms with Crippen molar-refractivity contribution in [3.8, 4) is 0 Å². The summed E-state index contributed by atoms with van der Waals surface area (Å²) in [6.45, 7) is 0. The number of nitrogens with zero attached hydrogens (tertiary/aromatic N) is 1. The van der Waals surface area contributed by atoms with Crippen molar-refractivity contribution in [2.24, 2.45) is 4.99 Å². The van der Waals surface area contributed by atoms with Crippen LogP contribution >= 0.6 is 23.4 Å². The Labute approximate surface area is 51.5 Å². The van der Waals surface area contributed by atoms with Gasteiger partial charge < -0.3 is 0 Å². The third-order valence-electron chi connectivity index (χ3n) is 0.580. The molecule has 0 atom stereocenters. The number of thioether (sulfide) groups is 1. The second kappa shape index (κ2) is 2.38. The van der Waals surface area contributed by atoms with Crippen molar-refractivity contribution in [2.45, 2.75) is 0 Å². The van der Waals surface area contributed by atoms with E-state index in [1.807, 2.05) is 6.08 Å². The molecule has 0 N–H and O–H groups in total. The predicted octanol–water partition coefficient (Wildman–Crippen LogP) is 1.84. The summed E-state index contributed by atoms with van der Waals surface area (Å²) in [5.74, 6) is 0.961. The first-order chi connectivity index (χ1) is 3.39. The lowest BCUT2D eigenvalue weighted by Crippen LogP contribution is -1.83. The Morgan fingerprint density at radius 1 is 1.86 bits per heavy atom. The van der Waals surface area contributed by atoms with Gasteiger partial charge in [-0.15, -0.1) is 0 Å². The molecule has 0 fully saturated rings. The average Bonchev–Trinajstić information content (AvgIpc) is 1.69. The molecule has 1 aliphatic rings. The van der Waals surface area contributed by atoms with Crippen LogP contribution in [0, 0.1) is 0 Å². The van der Waals surface area contributed by atoms with Crippen molar-refractivity contribution in [2.75, 3.05) is 5.75 Å². The van der Waals surface area contributed by atoms with Crippen LogP contribution in [-0.2, 0) is 0 Å². The summed E-state index contributed by atoms with van der Waals surface area (Å²) < 4.78 is 0.641. The van der Waals surface area contributed by atoms with Crippen molar-refractivity contribution < 1.29 is 0 Å². The largest absolute Gasteiger partial charge is 0.238 e. The summed E-state index contributed by atoms with van der Waals surface area (Å²) in [7, 11) is 0. The Hall–Kier alpha value is 0.0500. The number of rotatable bonds is 0. The van der Waals surface area contributed by atoms with Crippen LogP contribution in [0.1, 0.15) is 0 Å². The van der Waals surface area contributed by atoms with E-state index in [0.29, 0.717) is 4.50 Å². The van der Waals surface area contributed by atoms with Gasteiger partial charge in [-0.1, -0.05) is 29.4 Å². The molecule has 0 aliphatic carbocycles. The minimum absolute atomic E-state index is 0.641. The molecule has 0 radical (unpaired) electrons. The van der Waals surface area contributed by atoms with E-state index in [1.165, 1.54) is 0 Å². The van der Waals surface area contributed by atoms with Gasteiger partial charge in [0.05, 0.1) is 0 Å². The average molecular weight is 134 g/mol. The topological polar surface area (TPSA) is 12.4 Å². The van der Waals surface area contributed by atoms with E-state index in [2.05, 4.69) is 4.99 Å². The van der Waals surface area contributed by atoms with Gasteiger partial charge in [0.2, 0.25) is 0 Å². The quantitative estimate of drug-likeness (QED) is 0.491. The molecule has 0 aromatic carbocycles. The summed E-state index contributed by atoms with van der Waals surface area (Å²) in [4.78, 5) is 3.79. The van der Waals surface area contributed by atoms with E-state index in [9.17, 15) is 0 Å². The SMILES string of the molecule is ClC1=NC=CCS1. The molecule has 1 heterocycles.